The number of halogens is 3. The number of hydrogen-bond acceptors (Lipinski definition) is 5. The number of alkyl halides is 3. The predicted molar refractivity (Wildman–Crippen MR) is 157 cm³/mol. The fraction of sp³-hybridized carbons (Fsp3) is 0.355. The molecule has 1 aliphatic heterocycles. The Kier molecular flexibility index (Phi) is 8.06. The molecular weight excluding hydrogens is 529 g/mol. The van der Waals surface area contributed by atoms with Crippen molar-refractivity contribution in [2.45, 2.75) is 6.18 Å². The third kappa shape index (κ3) is 6.23. The average Bonchev–Trinajstić information content (AvgIpc) is 3.38. The van der Waals surface area contributed by atoms with Gasteiger partial charge in [-0.25, -0.2) is 4.98 Å². The number of amides is 1. The number of nitrogens with zero attached hydrogens (tertiary/aromatic N) is 5. The van der Waals surface area contributed by atoms with E-state index < -0.39 is 11.7 Å². The second-order valence-electron chi connectivity index (χ2n) is 10.9. The average molecular weight is 565 g/mol. The van der Waals surface area contributed by atoms with E-state index in [1.54, 1.807) is 42.4 Å². The van der Waals surface area contributed by atoms with Gasteiger partial charge in [0, 0.05) is 86.5 Å². The highest BCUT2D eigenvalue weighted by atomic mass is 19.4. The van der Waals surface area contributed by atoms with Crippen LogP contribution in [-0.4, -0.2) is 98.0 Å². The van der Waals surface area contributed by atoms with Gasteiger partial charge in [0.2, 0.25) is 0 Å². The number of hydrogen-bond donors (Lipinski definition) is 1. The lowest BCUT2D eigenvalue weighted by Crippen LogP contribution is -2.45. The minimum Gasteiger partial charge on any atom is -0.368 e. The Morgan fingerprint density at radius 3 is 2.27 bits per heavy atom. The van der Waals surface area contributed by atoms with Crippen molar-refractivity contribution < 1.29 is 18.0 Å². The van der Waals surface area contributed by atoms with Crippen molar-refractivity contribution in [3.8, 4) is 22.3 Å². The highest BCUT2D eigenvalue weighted by Crippen LogP contribution is 2.40. The van der Waals surface area contributed by atoms with Crippen molar-refractivity contribution in [1.82, 2.24) is 24.7 Å². The van der Waals surface area contributed by atoms with E-state index in [1.165, 1.54) is 6.07 Å². The molecule has 5 rings (SSSR count). The number of fused-ring (bicyclic) bond motifs is 1. The normalized spacial score (nSPS) is 14.7. The van der Waals surface area contributed by atoms with Crippen LogP contribution in [0.5, 0.6) is 0 Å². The van der Waals surface area contributed by atoms with Gasteiger partial charge in [-0.2, -0.15) is 13.2 Å². The van der Waals surface area contributed by atoms with Gasteiger partial charge in [-0.15, -0.1) is 0 Å². The lowest BCUT2D eigenvalue weighted by Gasteiger charge is -2.35. The van der Waals surface area contributed by atoms with Crippen LogP contribution in [0, 0.1) is 0 Å². The molecule has 1 N–H and O–H groups in total. The van der Waals surface area contributed by atoms with Gasteiger partial charge < -0.3 is 24.6 Å². The third-order valence-corrected chi connectivity index (χ3v) is 7.68. The van der Waals surface area contributed by atoms with Crippen LogP contribution in [-0.2, 0) is 6.18 Å². The molecule has 1 fully saturated rings. The zero-order valence-corrected chi connectivity index (χ0v) is 23.8. The van der Waals surface area contributed by atoms with E-state index in [0.29, 0.717) is 42.0 Å². The quantitative estimate of drug-likeness (QED) is 0.330. The summed E-state index contributed by atoms with van der Waals surface area (Å²) in [6.45, 7) is 3.94. The molecule has 0 unspecified atom stereocenters. The van der Waals surface area contributed by atoms with Crippen molar-refractivity contribution in [2.24, 2.45) is 0 Å². The number of anilines is 1. The minimum absolute atomic E-state index is 0.0539. The molecule has 2 aromatic carbocycles. The number of benzene rings is 2. The van der Waals surface area contributed by atoms with Crippen molar-refractivity contribution in [3.05, 3.63) is 72.1 Å². The zero-order valence-electron chi connectivity index (χ0n) is 23.8. The number of pyridine rings is 1. The molecule has 0 radical (unpaired) electrons. The Bertz CT molecular complexity index is 1520. The molecule has 2 aromatic heterocycles. The summed E-state index contributed by atoms with van der Waals surface area (Å²) in [5, 5.41) is 0.793. The Balaban J connectivity index is 1.44. The largest absolute Gasteiger partial charge is 0.418 e. The zero-order chi connectivity index (χ0) is 29.3. The minimum atomic E-state index is -4.48. The van der Waals surface area contributed by atoms with Gasteiger partial charge in [0.1, 0.15) is 5.65 Å². The van der Waals surface area contributed by atoms with Crippen LogP contribution in [0.2, 0.25) is 0 Å². The SMILES string of the molecule is CN(C)CCN(C)C(=O)c1ccc(-c2c[nH]c3ncc(-c4ccc(N5CCN(C)CC5)c(C(F)(F)F)c4)cc23)cc1. The van der Waals surface area contributed by atoms with Gasteiger partial charge in [-0.1, -0.05) is 18.2 Å². The van der Waals surface area contributed by atoms with Gasteiger partial charge >= 0.3 is 6.18 Å². The van der Waals surface area contributed by atoms with E-state index in [1.807, 2.05) is 55.3 Å². The molecule has 0 bridgehead atoms. The van der Waals surface area contributed by atoms with Crippen LogP contribution in [0.25, 0.3) is 33.3 Å². The Morgan fingerprint density at radius 1 is 0.927 bits per heavy atom. The first-order valence-corrected chi connectivity index (χ1v) is 13.6. The first-order valence-electron chi connectivity index (χ1n) is 13.6. The van der Waals surface area contributed by atoms with Crippen molar-refractivity contribution in [1.29, 1.82) is 0 Å². The van der Waals surface area contributed by atoms with E-state index in [4.69, 9.17) is 0 Å². The number of H-pyrrole nitrogens is 1. The molecular formula is C31H35F3N6O. The van der Waals surface area contributed by atoms with Crippen LogP contribution < -0.4 is 4.90 Å². The van der Waals surface area contributed by atoms with Crippen molar-refractivity contribution >= 4 is 22.6 Å². The number of rotatable bonds is 7. The lowest BCUT2D eigenvalue weighted by atomic mass is 9.99. The van der Waals surface area contributed by atoms with Crippen molar-refractivity contribution in [3.63, 3.8) is 0 Å². The molecule has 0 aliphatic carbocycles. The molecule has 41 heavy (non-hydrogen) atoms. The number of carbonyl (C=O) groups is 1. The fourth-order valence-electron chi connectivity index (χ4n) is 5.13. The fourth-order valence-corrected chi connectivity index (χ4v) is 5.13. The monoisotopic (exact) mass is 564 g/mol. The van der Waals surface area contributed by atoms with Crippen LogP contribution in [0.15, 0.2) is 60.9 Å². The summed E-state index contributed by atoms with van der Waals surface area (Å²) in [5.74, 6) is -0.0539. The first kappa shape index (κ1) is 28.6. The summed E-state index contributed by atoms with van der Waals surface area (Å²) < 4.78 is 42.6. The van der Waals surface area contributed by atoms with E-state index in [-0.39, 0.29) is 11.6 Å². The predicted octanol–water partition coefficient (Wildman–Crippen LogP) is 5.30. The van der Waals surface area contributed by atoms with Crippen LogP contribution in [0.3, 0.4) is 0 Å². The molecule has 3 heterocycles. The van der Waals surface area contributed by atoms with E-state index in [9.17, 15) is 18.0 Å². The van der Waals surface area contributed by atoms with E-state index in [2.05, 4.69) is 14.9 Å². The molecule has 216 valence electrons. The molecule has 0 atom stereocenters. The molecule has 4 aromatic rings. The number of carbonyl (C=O) groups excluding carboxylic acids is 1. The lowest BCUT2D eigenvalue weighted by molar-refractivity contribution is -0.137. The molecule has 7 nitrogen and oxygen atoms in total. The highest BCUT2D eigenvalue weighted by molar-refractivity contribution is 5.98. The second kappa shape index (κ2) is 11.5. The van der Waals surface area contributed by atoms with Crippen LogP contribution in [0.4, 0.5) is 18.9 Å². The Labute approximate surface area is 238 Å². The van der Waals surface area contributed by atoms with E-state index in [0.717, 1.165) is 36.1 Å². The van der Waals surface area contributed by atoms with Gasteiger partial charge in [-0.05, 0) is 62.6 Å². The Morgan fingerprint density at radius 2 is 1.61 bits per heavy atom. The van der Waals surface area contributed by atoms with Gasteiger partial charge in [0.05, 0.1) is 5.56 Å². The van der Waals surface area contributed by atoms with Gasteiger partial charge in [-0.3, -0.25) is 4.79 Å². The van der Waals surface area contributed by atoms with Crippen LogP contribution >= 0.6 is 0 Å². The maximum absolute atomic E-state index is 14.2. The van der Waals surface area contributed by atoms with E-state index >= 15 is 0 Å². The number of nitrogens with one attached hydrogen (secondary N) is 1. The number of piperazine rings is 1. The summed E-state index contributed by atoms with van der Waals surface area (Å²) in [4.78, 5) is 28.1. The topological polar surface area (TPSA) is 58.7 Å². The van der Waals surface area contributed by atoms with Crippen molar-refractivity contribution in [2.75, 3.05) is 72.4 Å². The number of likely N-dealkylation sites (N-methyl/N-ethyl adjacent to an activating group) is 3. The number of aromatic nitrogens is 2. The van der Waals surface area contributed by atoms with Gasteiger partial charge in [0.25, 0.3) is 5.91 Å². The first-order chi connectivity index (χ1) is 19.5. The third-order valence-electron chi connectivity index (χ3n) is 7.68. The highest BCUT2D eigenvalue weighted by Gasteiger charge is 2.36. The molecule has 1 saturated heterocycles. The maximum atomic E-state index is 14.2. The number of aromatic amines is 1. The van der Waals surface area contributed by atoms with Crippen LogP contribution in [0.1, 0.15) is 15.9 Å². The second-order valence-corrected chi connectivity index (χ2v) is 10.9. The maximum Gasteiger partial charge on any atom is 0.418 e. The summed E-state index contributed by atoms with van der Waals surface area (Å²) in [7, 11) is 7.69. The molecule has 1 aliphatic rings. The summed E-state index contributed by atoms with van der Waals surface area (Å²) in [6.07, 6.45) is -1.05. The molecule has 1 amide bonds. The molecule has 0 saturated carbocycles. The standard InChI is InChI=1S/C31H35F3N6O/c1-37(2)11-14-39(4)30(41)22-7-5-21(6-8-22)26-20-36-29-25(26)17-24(19-35-29)23-9-10-28(27(18-23)31(32,33)34)40-15-12-38(3)13-16-40/h5-10,17-20H,11-16H2,1-4H3,(H,35,36). The molecule has 0 spiro atoms. The smallest absolute Gasteiger partial charge is 0.368 e. The Hall–Kier alpha value is -3.89. The summed E-state index contributed by atoms with van der Waals surface area (Å²) in [5.41, 5.74) is 3.61. The summed E-state index contributed by atoms with van der Waals surface area (Å²) in [6, 6.07) is 13.8. The molecule has 10 heteroatoms. The summed E-state index contributed by atoms with van der Waals surface area (Å²) >= 11 is 0. The van der Waals surface area contributed by atoms with Gasteiger partial charge in [0.15, 0.2) is 0 Å².